The lowest BCUT2D eigenvalue weighted by Gasteiger charge is -2.31. The number of halogens is 3. The van der Waals surface area contributed by atoms with E-state index in [-0.39, 0.29) is 30.8 Å². The van der Waals surface area contributed by atoms with Gasteiger partial charge in [0.15, 0.2) is 0 Å². The minimum Gasteiger partial charge on any atom is -0.459 e. The third-order valence-electron chi connectivity index (χ3n) is 6.75. The number of nitrogens with one attached hydrogen (secondary N) is 1. The number of furan rings is 1. The van der Waals surface area contributed by atoms with Crippen LogP contribution in [0.5, 0.6) is 0 Å². The van der Waals surface area contributed by atoms with Crippen LogP contribution >= 0.6 is 0 Å². The summed E-state index contributed by atoms with van der Waals surface area (Å²) in [6.45, 7) is 5.24. The molecule has 3 heterocycles. The number of fused-ring (bicyclic) bond motifs is 1. The van der Waals surface area contributed by atoms with Crippen LogP contribution < -0.4 is 5.32 Å². The van der Waals surface area contributed by atoms with E-state index < -0.39 is 42.2 Å². The molecular formula is C31H30F3N3O4. The largest absolute Gasteiger partial charge is 0.459 e. The summed E-state index contributed by atoms with van der Waals surface area (Å²) in [6, 6.07) is 13.1. The highest BCUT2D eigenvalue weighted by atomic mass is 19.3. The fourth-order valence-electron chi connectivity index (χ4n) is 4.76. The van der Waals surface area contributed by atoms with Gasteiger partial charge >= 0.3 is 6.09 Å². The predicted molar refractivity (Wildman–Crippen MR) is 148 cm³/mol. The van der Waals surface area contributed by atoms with Crippen LogP contribution in [0, 0.1) is 5.82 Å². The number of alkyl carbamates (subject to hydrolysis) is 1. The van der Waals surface area contributed by atoms with E-state index >= 15 is 4.39 Å². The molecule has 4 aromatic rings. The summed E-state index contributed by atoms with van der Waals surface area (Å²) in [5.74, 6) is -3.41. The van der Waals surface area contributed by atoms with E-state index in [0.29, 0.717) is 27.9 Å². The van der Waals surface area contributed by atoms with Gasteiger partial charge in [-0.2, -0.15) is 0 Å². The molecule has 1 aliphatic heterocycles. The Kier molecular flexibility index (Phi) is 7.50. The van der Waals surface area contributed by atoms with Gasteiger partial charge in [0.25, 0.3) is 11.8 Å². The van der Waals surface area contributed by atoms with Gasteiger partial charge in [-0.3, -0.25) is 9.78 Å². The zero-order chi connectivity index (χ0) is 29.4. The number of carbonyl (C=O) groups is 2. The van der Waals surface area contributed by atoms with Gasteiger partial charge < -0.3 is 19.4 Å². The Hall–Kier alpha value is -4.34. The van der Waals surface area contributed by atoms with Crippen molar-refractivity contribution in [3.05, 3.63) is 78.1 Å². The lowest BCUT2D eigenvalue weighted by molar-refractivity contribution is -0.0494. The van der Waals surface area contributed by atoms with Crippen molar-refractivity contribution in [1.82, 2.24) is 15.2 Å². The normalized spacial score (nSPS) is 15.1. The number of benzene rings is 2. The average Bonchev–Trinajstić information content (AvgIpc) is 3.33. The van der Waals surface area contributed by atoms with Crippen LogP contribution in [-0.2, 0) is 11.3 Å². The summed E-state index contributed by atoms with van der Waals surface area (Å²) in [5, 5.41) is 3.35. The second-order valence-corrected chi connectivity index (χ2v) is 11.1. The summed E-state index contributed by atoms with van der Waals surface area (Å²) < 4.78 is 53.9. The van der Waals surface area contributed by atoms with E-state index in [1.807, 2.05) is 6.07 Å². The lowest BCUT2D eigenvalue weighted by Crippen LogP contribution is -2.42. The third kappa shape index (κ3) is 6.53. The molecule has 10 heteroatoms. The minimum atomic E-state index is -2.78. The fraction of sp³-hybridized carbons (Fsp3) is 0.323. The monoisotopic (exact) mass is 565 g/mol. The molecule has 0 unspecified atom stereocenters. The number of amides is 2. The fourth-order valence-corrected chi connectivity index (χ4v) is 4.76. The molecular weight excluding hydrogens is 535 g/mol. The van der Waals surface area contributed by atoms with Crippen LogP contribution in [0.25, 0.3) is 33.2 Å². The Morgan fingerprint density at radius 1 is 1.05 bits per heavy atom. The summed E-state index contributed by atoms with van der Waals surface area (Å²) in [5.41, 5.74) is 2.21. The Morgan fingerprint density at radius 2 is 1.80 bits per heavy atom. The number of aromatic nitrogens is 1. The van der Waals surface area contributed by atoms with Crippen molar-refractivity contribution in [2.75, 3.05) is 13.1 Å². The molecule has 5 rings (SSSR count). The summed E-state index contributed by atoms with van der Waals surface area (Å²) in [7, 11) is 0. The van der Waals surface area contributed by atoms with Crippen molar-refractivity contribution in [3.8, 4) is 22.3 Å². The number of alkyl halides is 2. The molecule has 1 aliphatic rings. The van der Waals surface area contributed by atoms with Crippen molar-refractivity contribution in [2.45, 2.75) is 51.7 Å². The van der Waals surface area contributed by atoms with Crippen LogP contribution in [0.3, 0.4) is 0 Å². The van der Waals surface area contributed by atoms with Crippen LogP contribution in [0.2, 0.25) is 0 Å². The van der Waals surface area contributed by atoms with Gasteiger partial charge in [0.1, 0.15) is 22.8 Å². The number of hydrogen-bond acceptors (Lipinski definition) is 5. The van der Waals surface area contributed by atoms with Crippen molar-refractivity contribution in [2.24, 2.45) is 0 Å². The number of rotatable bonds is 5. The number of likely N-dealkylation sites (tertiary alicyclic amines) is 1. The van der Waals surface area contributed by atoms with Crippen molar-refractivity contribution < 1.29 is 31.9 Å². The minimum absolute atomic E-state index is 0.0774. The first kappa shape index (κ1) is 28.2. The predicted octanol–water partition coefficient (Wildman–Crippen LogP) is 7.20. The Bertz CT molecular complexity index is 1590. The molecule has 41 heavy (non-hydrogen) atoms. The zero-order valence-electron chi connectivity index (χ0n) is 23.0. The quantitative estimate of drug-likeness (QED) is 0.277. The number of carbonyl (C=O) groups excluding carboxylic acids is 2. The summed E-state index contributed by atoms with van der Waals surface area (Å²) in [4.78, 5) is 30.5. The molecule has 0 saturated carbocycles. The highest BCUT2D eigenvalue weighted by molar-refractivity contribution is 5.98. The maximum absolute atomic E-state index is 15.5. The van der Waals surface area contributed by atoms with Gasteiger partial charge in [-0.25, -0.2) is 18.0 Å². The second kappa shape index (κ2) is 10.9. The van der Waals surface area contributed by atoms with Crippen LogP contribution in [0.4, 0.5) is 18.0 Å². The van der Waals surface area contributed by atoms with E-state index in [0.717, 1.165) is 11.6 Å². The number of piperidine rings is 1. The number of pyridine rings is 1. The molecule has 0 aliphatic carbocycles. The maximum atomic E-state index is 15.5. The molecule has 214 valence electrons. The van der Waals surface area contributed by atoms with Crippen molar-refractivity contribution >= 4 is 23.0 Å². The SMILES string of the molecule is CC(C)(C)OC(=O)NCc1cc2cc(-c3ccc(C(=O)N4CCC(F)(F)CC4)cc3F)cc(-c3cccnc3)c2o1. The molecule has 7 nitrogen and oxygen atoms in total. The van der Waals surface area contributed by atoms with Gasteiger partial charge in [0.05, 0.1) is 6.54 Å². The molecule has 0 atom stereocenters. The highest BCUT2D eigenvalue weighted by Gasteiger charge is 2.36. The summed E-state index contributed by atoms with van der Waals surface area (Å²) >= 11 is 0. The van der Waals surface area contributed by atoms with Crippen LogP contribution in [0.1, 0.15) is 49.7 Å². The van der Waals surface area contributed by atoms with Gasteiger partial charge in [-0.05, 0) is 62.7 Å². The smallest absolute Gasteiger partial charge is 0.408 e. The number of hydrogen-bond donors (Lipinski definition) is 1. The average molecular weight is 566 g/mol. The van der Waals surface area contributed by atoms with Gasteiger partial charge in [-0.15, -0.1) is 0 Å². The molecule has 2 amide bonds. The van der Waals surface area contributed by atoms with E-state index in [1.165, 1.54) is 17.0 Å². The van der Waals surface area contributed by atoms with E-state index in [2.05, 4.69) is 10.3 Å². The van der Waals surface area contributed by atoms with E-state index in [9.17, 15) is 18.4 Å². The van der Waals surface area contributed by atoms with Gasteiger partial charge in [-0.1, -0.05) is 12.1 Å². The Morgan fingerprint density at radius 3 is 2.46 bits per heavy atom. The highest BCUT2D eigenvalue weighted by Crippen LogP contribution is 2.37. The van der Waals surface area contributed by atoms with Crippen molar-refractivity contribution in [1.29, 1.82) is 0 Å². The zero-order valence-corrected chi connectivity index (χ0v) is 23.0. The third-order valence-corrected chi connectivity index (χ3v) is 6.75. The van der Waals surface area contributed by atoms with E-state index in [1.54, 1.807) is 57.4 Å². The first-order valence-electron chi connectivity index (χ1n) is 13.3. The molecule has 2 aromatic heterocycles. The topological polar surface area (TPSA) is 84.7 Å². The van der Waals surface area contributed by atoms with Gasteiger partial charge in [0, 0.05) is 66.0 Å². The number of ether oxygens (including phenoxy) is 1. The van der Waals surface area contributed by atoms with Crippen molar-refractivity contribution in [3.63, 3.8) is 0 Å². The second-order valence-electron chi connectivity index (χ2n) is 11.1. The molecule has 1 fully saturated rings. The standard InChI is InChI=1S/C31H30F3N3O4/c1-30(2,3)41-29(39)36-18-23-14-22-13-21(15-25(27(22)40-23)20-5-4-10-35-17-20)24-7-6-19(16-26(24)32)28(38)37-11-8-31(33,34)9-12-37/h4-7,10,13-17H,8-9,11-12,18H2,1-3H3,(H,36,39). The summed E-state index contributed by atoms with van der Waals surface area (Å²) in [6.07, 6.45) is 1.91. The van der Waals surface area contributed by atoms with Crippen LogP contribution in [0.15, 0.2) is 65.3 Å². The van der Waals surface area contributed by atoms with E-state index in [4.69, 9.17) is 9.15 Å². The Labute approximate surface area is 235 Å². The molecule has 0 spiro atoms. The first-order chi connectivity index (χ1) is 19.4. The molecule has 0 radical (unpaired) electrons. The molecule has 1 saturated heterocycles. The first-order valence-corrected chi connectivity index (χ1v) is 13.3. The lowest BCUT2D eigenvalue weighted by atomic mass is 9.96. The van der Waals surface area contributed by atoms with Crippen LogP contribution in [-0.4, -0.2) is 46.5 Å². The molecule has 1 N–H and O–H groups in total. The molecule has 2 aromatic carbocycles. The van der Waals surface area contributed by atoms with Gasteiger partial charge in [0.2, 0.25) is 0 Å². The maximum Gasteiger partial charge on any atom is 0.408 e. The number of nitrogens with zero attached hydrogens (tertiary/aromatic N) is 2. The molecule has 0 bridgehead atoms. The Balaban J connectivity index is 1.46.